The first-order chi connectivity index (χ1) is 6.13. The van der Waals surface area contributed by atoms with Crippen LogP contribution in [0.1, 0.15) is 11.5 Å². The number of nitrogens with zero attached hydrogens (tertiary/aromatic N) is 1. The highest BCUT2D eigenvalue weighted by atomic mass is 32.2. The van der Waals surface area contributed by atoms with E-state index >= 15 is 0 Å². The first-order valence-corrected chi connectivity index (χ1v) is 5.05. The number of nitrogens with two attached hydrogens (primary N) is 1. The van der Waals surface area contributed by atoms with Crippen LogP contribution < -0.4 is 5.73 Å². The van der Waals surface area contributed by atoms with E-state index in [1.54, 1.807) is 0 Å². The molecule has 2 N–H and O–H groups in total. The first-order valence-electron chi connectivity index (χ1n) is 4.07. The Balaban J connectivity index is 2.50. The highest BCUT2D eigenvalue weighted by Gasteiger charge is 2.05. The zero-order valence-corrected chi connectivity index (χ0v) is 8.78. The molecule has 0 saturated carbocycles. The molecule has 0 aliphatic heterocycles. The molecule has 0 atom stereocenters. The summed E-state index contributed by atoms with van der Waals surface area (Å²) in [5, 5.41) is 0.699. The quantitative estimate of drug-likeness (QED) is 0.593. The van der Waals surface area contributed by atoms with Gasteiger partial charge in [0.05, 0.1) is 5.69 Å². The Morgan fingerprint density at radius 1 is 1.62 bits per heavy atom. The molecule has 0 fully saturated rings. The molecular weight excluding hydrogens is 184 g/mol. The van der Waals surface area contributed by atoms with Crippen molar-refractivity contribution in [2.24, 2.45) is 5.73 Å². The van der Waals surface area contributed by atoms with Crippen LogP contribution in [0.3, 0.4) is 0 Å². The van der Waals surface area contributed by atoms with Crippen LogP contribution in [-0.2, 0) is 0 Å². The Kier molecular flexibility index (Phi) is 3.57. The fraction of sp³-hybridized carbons (Fsp3) is 0.444. The molecule has 72 valence electrons. The first kappa shape index (κ1) is 10.3. The Morgan fingerprint density at radius 2 is 2.31 bits per heavy atom. The molecule has 1 rings (SSSR count). The fourth-order valence-electron chi connectivity index (χ4n) is 0.728. The van der Waals surface area contributed by atoms with Gasteiger partial charge in [-0.05, 0) is 13.8 Å². The van der Waals surface area contributed by atoms with E-state index in [1.165, 1.54) is 11.8 Å². The van der Waals surface area contributed by atoms with Gasteiger partial charge in [-0.25, -0.2) is 4.98 Å². The Hall–Kier alpha value is -0.740. The molecule has 1 aromatic rings. The van der Waals surface area contributed by atoms with Crippen molar-refractivity contribution in [1.82, 2.24) is 4.98 Å². The predicted octanol–water partition coefficient (Wildman–Crippen LogP) is 1.90. The number of rotatable bonds is 4. The summed E-state index contributed by atoms with van der Waals surface area (Å²) in [4.78, 5) is 4.23. The molecule has 0 unspecified atom stereocenters. The van der Waals surface area contributed by atoms with Gasteiger partial charge in [0.2, 0.25) is 0 Å². The minimum atomic E-state index is 0.520. The number of aryl methyl sites for hydroxylation is 2. The van der Waals surface area contributed by atoms with Crippen LogP contribution in [0.5, 0.6) is 0 Å². The normalized spacial score (nSPS) is 10.4. The molecule has 3 nitrogen and oxygen atoms in total. The van der Waals surface area contributed by atoms with Crippen LogP contribution in [0, 0.1) is 13.8 Å². The van der Waals surface area contributed by atoms with E-state index in [1.807, 2.05) is 13.8 Å². The molecule has 1 aromatic heterocycles. The average Bonchev–Trinajstić information content (AvgIpc) is 2.42. The molecule has 0 aliphatic carbocycles. The highest BCUT2D eigenvalue weighted by molar-refractivity contribution is 7.99. The molecule has 0 aromatic carbocycles. The average molecular weight is 198 g/mol. The third-order valence-corrected chi connectivity index (χ3v) is 2.67. The summed E-state index contributed by atoms with van der Waals surface area (Å²) in [6.45, 7) is 8.16. The topological polar surface area (TPSA) is 52.0 Å². The third kappa shape index (κ3) is 2.90. The lowest BCUT2D eigenvalue weighted by Crippen LogP contribution is -2.03. The van der Waals surface area contributed by atoms with Gasteiger partial charge in [-0.1, -0.05) is 23.9 Å². The van der Waals surface area contributed by atoms with Gasteiger partial charge in [0.15, 0.2) is 0 Å². The SMILES string of the molecule is C=C(CN)CSc1nc(C)c(C)o1. The monoisotopic (exact) mass is 198 g/mol. The minimum Gasteiger partial charge on any atom is -0.437 e. The standard InChI is InChI=1S/C9H14N2OS/c1-6(4-10)5-13-9-11-7(2)8(3)12-9/h1,4-5,10H2,2-3H3. The number of hydrogen-bond donors (Lipinski definition) is 1. The van der Waals surface area contributed by atoms with Gasteiger partial charge in [0, 0.05) is 12.3 Å². The van der Waals surface area contributed by atoms with Crippen LogP contribution in [0.4, 0.5) is 0 Å². The molecule has 13 heavy (non-hydrogen) atoms. The molecule has 1 heterocycles. The minimum absolute atomic E-state index is 0.520. The fourth-order valence-corrected chi connectivity index (χ4v) is 1.56. The molecule has 0 saturated heterocycles. The van der Waals surface area contributed by atoms with E-state index in [9.17, 15) is 0 Å². The second-order valence-electron chi connectivity index (χ2n) is 2.86. The lowest BCUT2D eigenvalue weighted by molar-refractivity contribution is 0.431. The van der Waals surface area contributed by atoms with Gasteiger partial charge >= 0.3 is 0 Å². The Morgan fingerprint density at radius 3 is 2.77 bits per heavy atom. The predicted molar refractivity (Wildman–Crippen MR) is 54.9 cm³/mol. The van der Waals surface area contributed by atoms with Crippen LogP contribution >= 0.6 is 11.8 Å². The Bertz CT molecular complexity index is 287. The summed E-state index contributed by atoms with van der Waals surface area (Å²) in [6.07, 6.45) is 0. The smallest absolute Gasteiger partial charge is 0.256 e. The highest BCUT2D eigenvalue weighted by Crippen LogP contribution is 2.21. The number of thioether (sulfide) groups is 1. The Labute approximate surface area is 82.4 Å². The van der Waals surface area contributed by atoms with Gasteiger partial charge in [0.1, 0.15) is 5.76 Å². The van der Waals surface area contributed by atoms with Crippen LogP contribution in [0.25, 0.3) is 0 Å². The van der Waals surface area contributed by atoms with E-state index < -0.39 is 0 Å². The lowest BCUT2D eigenvalue weighted by Gasteiger charge is -1.97. The summed E-state index contributed by atoms with van der Waals surface area (Å²) in [5.74, 6) is 1.65. The van der Waals surface area contributed by atoms with Crippen LogP contribution in [0.15, 0.2) is 21.8 Å². The van der Waals surface area contributed by atoms with Crippen molar-refractivity contribution in [3.05, 3.63) is 23.6 Å². The van der Waals surface area contributed by atoms with Crippen molar-refractivity contribution in [1.29, 1.82) is 0 Å². The van der Waals surface area contributed by atoms with E-state index in [-0.39, 0.29) is 0 Å². The van der Waals surface area contributed by atoms with Gasteiger partial charge in [-0.15, -0.1) is 0 Å². The molecule has 0 radical (unpaired) electrons. The zero-order chi connectivity index (χ0) is 9.84. The molecular formula is C9H14N2OS. The maximum atomic E-state index is 5.41. The van der Waals surface area contributed by atoms with E-state index in [2.05, 4.69) is 11.6 Å². The maximum absolute atomic E-state index is 5.41. The van der Waals surface area contributed by atoms with E-state index in [0.717, 1.165) is 22.8 Å². The number of oxazole rings is 1. The third-order valence-electron chi connectivity index (χ3n) is 1.70. The van der Waals surface area contributed by atoms with Crippen molar-refractivity contribution < 1.29 is 4.42 Å². The largest absolute Gasteiger partial charge is 0.437 e. The maximum Gasteiger partial charge on any atom is 0.256 e. The summed E-state index contributed by atoms with van der Waals surface area (Å²) >= 11 is 1.53. The van der Waals surface area contributed by atoms with Crippen LogP contribution in [-0.4, -0.2) is 17.3 Å². The lowest BCUT2D eigenvalue weighted by atomic mass is 10.4. The molecule has 0 amide bonds. The molecule has 0 spiro atoms. The van der Waals surface area contributed by atoms with Gasteiger partial charge in [0.25, 0.3) is 5.22 Å². The van der Waals surface area contributed by atoms with Crippen molar-refractivity contribution in [2.45, 2.75) is 19.1 Å². The van der Waals surface area contributed by atoms with Crippen molar-refractivity contribution >= 4 is 11.8 Å². The van der Waals surface area contributed by atoms with Gasteiger partial charge in [-0.2, -0.15) is 0 Å². The summed E-state index contributed by atoms with van der Waals surface area (Å²) in [6, 6.07) is 0. The van der Waals surface area contributed by atoms with E-state index in [4.69, 9.17) is 10.2 Å². The van der Waals surface area contributed by atoms with Crippen LogP contribution in [0.2, 0.25) is 0 Å². The van der Waals surface area contributed by atoms with Crippen molar-refractivity contribution in [3.8, 4) is 0 Å². The second-order valence-corrected chi connectivity index (χ2v) is 3.79. The van der Waals surface area contributed by atoms with Gasteiger partial charge in [-0.3, -0.25) is 0 Å². The van der Waals surface area contributed by atoms with E-state index in [0.29, 0.717) is 11.8 Å². The molecule has 4 heteroatoms. The molecule has 0 bridgehead atoms. The van der Waals surface area contributed by atoms with Crippen molar-refractivity contribution in [2.75, 3.05) is 12.3 Å². The summed E-state index contributed by atoms with van der Waals surface area (Å²) in [7, 11) is 0. The second kappa shape index (κ2) is 4.48. The summed E-state index contributed by atoms with van der Waals surface area (Å²) in [5.41, 5.74) is 7.35. The summed E-state index contributed by atoms with van der Waals surface area (Å²) < 4.78 is 5.38. The zero-order valence-electron chi connectivity index (χ0n) is 7.96. The molecule has 0 aliphatic rings. The van der Waals surface area contributed by atoms with Gasteiger partial charge < -0.3 is 10.2 Å². The van der Waals surface area contributed by atoms with Crippen molar-refractivity contribution in [3.63, 3.8) is 0 Å². The number of aromatic nitrogens is 1. The number of hydrogen-bond acceptors (Lipinski definition) is 4.